The number of carbonyl (C=O) groups excluding carboxylic acids is 1. The van der Waals surface area contributed by atoms with Crippen LogP contribution in [-0.2, 0) is 16.0 Å². The number of hydrogen-bond acceptors (Lipinski definition) is 3. The summed E-state index contributed by atoms with van der Waals surface area (Å²) in [5, 5.41) is 0.288. The molecule has 0 saturated carbocycles. The normalized spacial score (nSPS) is 20.5. The van der Waals surface area contributed by atoms with Crippen molar-refractivity contribution in [1.82, 2.24) is 4.90 Å². The summed E-state index contributed by atoms with van der Waals surface area (Å²) in [6, 6.07) is 4.09. The van der Waals surface area contributed by atoms with Crippen molar-refractivity contribution in [1.29, 1.82) is 0 Å². The highest BCUT2D eigenvalue weighted by Gasteiger charge is 2.26. The molecule has 2 rings (SSSR count). The molecule has 0 bridgehead atoms. The van der Waals surface area contributed by atoms with Crippen molar-refractivity contribution in [3.8, 4) is 0 Å². The molecule has 0 spiro atoms. The molecule has 3 nitrogen and oxygen atoms in total. The average molecular weight is 286 g/mol. The van der Waals surface area contributed by atoms with Crippen LogP contribution in [0.2, 0.25) is 5.02 Å². The van der Waals surface area contributed by atoms with Crippen molar-refractivity contribution in [3.63, 3.8) is 0 Å². The van der Waals surface area contributed by atoms with Gasteiger partial charge in [0.05, 0.1) is 6.61 Å². The Balaban J connectivity index is 2.00. The van der Waals surface area contributed by atoms with Gasteiger partial charge in [0.15, 0.2) is 5.78 Å². The minimum atomic E-state index is -0.408. The largest absolute Gasteiger partial charge is 0.368 e. The van der Waals surface area contributed by atoms with Gasteiger partial charge in [-0.3, -0.25) is 9.69 Å². The second-order valence-electron chi connectivity index (χ2n) is 4.63. The van der Waals surface area contributed by atoms with Crippen molar-refractivity contribution in [2.75, 3.05) is 26.2 Å². The molecular weight excluding hydrogens is 269 g/mol. The minimum absolute atomic E-state index is 0.00772. The number of hydrogen-bond donors (Lipinski definition) is 0. The summed E-state index contributed by atoms with van der Waals surface area (Å²) < 4.78 is 18.4. The molecule has 0 radical (unpaired) electrons. The summed E-state index contributed by atoms with van der Waals surface area (Å²) in [6.07, 6.45) is -0.226. The van der Waals surface area contributed by atoms with Crippen molar-refractivity contribution in [3.05, 3.63) is 34.6 Å². The molecule has 1 aromatic carbocycles. The van der Waals surface area contributed by atoms with Gasteiger partial charge in [-0.2, -0.15) is 0 Å². The van der Waals surface area contributed by atoms with Crippen LogP contribution < -0.4 is 0 Å². The van der Waals surface area contributed by atoms with Crippen LogP contribution in [0.4, 0.5) is 4.39 Å². The van der Waals surface area contributed by atoms with Gasteiger partial charge in [-0.05, 0) is 24.2 Å². The number of likely N-dealkylation sites (N-methyl/N-ethyl adjacent to an activating group) is 1. The molecule has 1 aliphatic heterocycles. The van der Waals surface area contributed by atoms with E-state index in [0.717, 1.165) is 13.1 Å². The lowest BCUT2D eigenvalue weighted by Gasteiger charge is -2.31. The maximum atomic E-state index is 12.9. The predicted molar refractivity (Wildman–Crippen MR) is 72.0 cm³/mol. The Hall–Kier alpha value is -0.970. The van der Waals surface area contributed by atoms with Crippen molar-refractivity contribution >= 4 is 17.4 Å². The third-order valence-corrected chi connectivity index (χ3v) is 3.69. The molecule has 1 saturated heterocycles. The fourth-order valence-corrected chi connectivity index (χ4v) is 2.39. The van der Waals surface area contributed by atoms with E-state index < -0.39 is 11.9 Å². The number of ketones is 1. The van der Waals surface area contributed by atoms with Gasteiger partial charge in [0.2, 0.25) is 0 Å². The predicted octanol–water partition coefficient (Wildman–Crippen LogP) is 2.31. The maximum Gasteiger partial charge on any atom is 0.167 e. The fraction of sp³-hybridized carbons (Fsp3) is 0.500. The molecule has 0 amide bonds. The van der Waals surface area contributed by atoms with E-state index in [-0.39, 0.29) is 17.2 Å². The van der Waals surface area contributed by atoms with E-state index in [1.165, 1.54) is 12.1 Å². The highest BCUT2D eigenvalue weighted by molar-refractivity contribution is 6.31. The molecule has 1 aliphatic rings. The maximum absolute atomic E-state index is 12.9. The van der Waals surface area contributed by atoms with E-state index in [2.05, 4.69) is 11.8 Å². The molecule has 5 heteroatoms. The summed E-state index contributed by atoms with van der Waals surface area (Å²) in [5.41, 5.74) is 0.644. The van der Waals surface area contributed by atoms with Crippen LogP contribution in [-0.4, -0.2) is 43.0 Å². The number of carbonyl (C=O) groups is 1. The van der Waals surface area contributed by atoms with E-state index in [9.17, 15) is 9.18 Å². The van der Waals surface area contributed by atoms with Gasteiger partial charge in [-0.25, -0.2) is 4.39 Å². The molecule has 1 unspecified atom stereocenters. The Morgan fingerprint density at radius 1 is 1.58 bits per heavy atom. The lowest BCUT2D eigenvalue weighted by Crippen LogP contribution is -2.46. The van der Waals surface area contributed by atoms with E-state index in [1.807, 2.05) is 0 Å². The lowest BCUT2D eigenvalue weighted by molar-refractivity contribution is -0.135. The zero-order valence-electron chi connectivity index (χ0n) is 10.9. The standard InChI is InChI=1S/C14H17ClFNO2/c1-2-17-5-6-19-14(9-17)13(18)7-10-3-4-11(16)8-12(10)15/h3-4,8,14H,2,5-7,9H2,1H3. The van der Waals surface area contributed by atoms with Crippen molar-refractivity contribution in [2.45, 2.75) is 19.4 Å². The molecule has 0 N–H and O–H groups in total. The van der Waals surface area contributed by atoms with Crippen molar-refractivity contribution in [2.24, 2.45) is 0 Å². The second-order valence-corrected chi connectivity index (χ2v) is 5.04. The lowest BCUT2D eigenvalue weighted by atomic mass is 10.0. The zero-order chi connectivity index (χ0) is 13.8. The molecule has 0 aromatic heterocycles. The van der Waals surface area contributed by atoms with Gasteiger partial charge in [0.1, 0.15) is 11.9 Å². The topological polar surface area (TPSA) is 29.5 Å². The van der Waals surface area contributed by atoms with Gasteiger partial charge in [0, 0.05) is 24.5 Å². The first-order valence-electron chi connectivity index (χ1n) is 6.40. The van der Waals surface area contributed by atoms with E-state index in [4.69, 9.17) is 16.3 Å². The van der Waals surface area contributed by atoms with Crippen LogP contribution in [0, 0.1) is 5.82 Å². The molecule has 1 aromatic rings. The third kappa shape index (κ3) is 3.75. The summed E-state index contributed by atoms with van der Waals surface area (Å²) >= 11 is 5.93. The monoisotopic (exact) mass is 285 g/mol. The van der Waals surface area contributed by atoms with E-state index >= 15 is 0 Å². The fourth-order valence-electron chi connectivity index (χ4n) is 2.15. The Bertz CT molecular complexity index is 467. The van der Waals surface area contributed by atoms with E-state index in [1.54, 1.807) is 6.07 Å². The van der Waals surface area contributed by atoms with Crippen molar-refractivity contribution < 1.29 is 13.9 Å². The number of ether oxygens (including phenoxy) is 1. The zero-order valence-corrected chi connectivity index (χ0v) is 11.6. The SMILES string of the molecule is CCN1CCOC(C(=O)Cc2ccc(F)cc2Cl)C1. The molecule has 0 aliphatic carbocycles. The van der Waals surface area contributed by atoms with Gasteiger partial charge < -0.3 is 4.74 Å². The van der Waals surface area contributed by atoms with E-state index in [0.29, 0.717) is 18.7 Å². The Kier molecular flexibility index (Phi) is 4.91. The third-order valence-electron chi connectivity index (χ3n) is 3.34. The molecule has 104 valence electrons. The smallest absolute Gasteiger partial charge is 0.167 e. The number of halogens is 2. The number of rotatable bonds is 4. The van der Waals surface area contributed by atoms with Crippen LogP contribution >= 0.6 is 11.6 Å². The Morgan fingerprint density at radius 2 is 2.37 bits per heavy atom. The van der Waals surface area contributed by atoms with Crippen LogP contribution in [0.3, 0.4) is 0 Å². The number of morpholine rings is 1. The number of nitrogens with zero attached hydrogens (tertiary/aromatic N) is 1. The number of benzene rings is 1. The van der Waals surface area contributed by atoms with Gasteiger partial charge in [-0.15, -0.1) is 0 Å². The summed E-state index contributed by atoms with van der Waals surface area (Å²) in [6.45, 7) is 5.02. The summed E-state index contributed by atoms with van der Waals surface area (Å²) in [5.74, 6) is -0.404. The highest BCUT2D eigenvalue weighted by Crippen LogP contribution is 2.19. The molecule has 1 fully saturated rings. The molecule has 19 heavy (non-hydrogen) atoms. The second kappa shape index (κ2) is 6.46. The van der Waals surface area contributed by atoms with Crippen LogP contribution in [0.25, 0.3) is 0 Å². The number of Topliss-reactive ketones (excluding diaryl/α,β-unsaturated/α-hetero) is 1. The Labute approximate surface area is 117 Å². The first-order chi connectivity index (χ1) is 9.10. The van der Waals surface area contributed by atoms with Gasteiger partial charge in [-0.1, -0.05) is 24.6 Å². The molecule has 1 heterocycles. The van der Waals surface area contributed by atoms with Crippen LogP contribution in [0.5, 0.6) is 0 Å². The quantitative estimate of drug-likeness (QED) is 0.850. The highest BCUT2D eigenvalue weighted by atomic mass is 35.5. The first kappa shape index (κ1) is 14.4. The molecule has 1 atom stereocenters. The summed E-state index contributed by atoms with van der Waals surface area (Å²) in [7, 11) is 0. The average Bonchev–Trinajstić information content (AvgIpc) is 2.42. The van der Waals surface area contributed by atoms with Crippen LogP contribution in [0.15, 0.2) is 18.2 Å². The summed E-state index contributed by atoms with van der Waals surface area (Å²) in [4.78, 5) is 14.3. The minimum Gasteiger partial charge on any atom is -0.368 e. The van der Waals surface area contributed by atoms with Gasteiger partial charge >= 0.3 is 0 Å². The van der Waals surface area contributed by atoms with Crippen LogP contribution in [0.1, 0.15) is 12.5 Å². The van der Waals surface area contributed by atoms with Gasteiger partial charge in [0.25, 0.3) is 0 Å². The Morgan fingerprint density at radius 3 is 3.05 bits per heavy atom. The first-order valence-corrected chi connectivity index (χ1v) is 6.78. The molecular formula is C14H17ClFNO2.